The Hall–Kier alpha value is -1.42. The zero-order chi connectivity index (χ0) is 35.4. The normalized spacial score (nSPS) is 45.3. The van der Waals surface area contributed by atoms with Crippen LogP contribution in [0.4, 0.5) is 0 Å². The number of hydrogen-bond acceptors (Lipinski definition) is 11. The maximum Gasteiger partial charge on any atom is 0.225 e. The fourth-order valence-electron chi connectivity index (χ4n) is 7.68. The van der Waals surface area contributed by atoms with Crippen molar-refractivity contribution in [2.75, 3.05) is 41.3 Å². The van der Waals surface area contributed by atoms with Gasteiger partial charge in [-0.3, -0.25) is 9.59 Å². The Bertz CT molecular complexity index is 1030. The van der Waals surface area contributed by atoms with Crippen LogP contribution in [0.25, 0.3) is 0 Å². The fourth-order valence-corrected chi connectivity index (χ4v) is 7.68. The zero-order valence-electron chi connectivity index (χ0n) is 30.5. The highest BCUT2D eigenvalue weighted by Gasteiger charge is 2.51. The van der Waals surface area contributed by atoms with E-state index in [1.165, 1.54) is 7.11 Å². The largest absolute Gasteiger partial charge is 0.387 e. The minimum atomic E-state index is -1.50. The van der Waals surface area contributed by atoms with E-state index in [1.807, 2.05) is 39.8 Å². The van der Waals surface area contributed by atoms with Crippen molar-refractivity contribution < 1.29 is 48.6 Å². The van der Waals surface area contributed by atoms with Gasteiger partial charge in [0.1, 0.15) is 12.2 Å². The van der Waals surface area contributed by atoms with Gasteiger partial charge in [0.15, 0.2) is 12.6 Å². The standard InChI is InChI=1S/C34H63N3O10/c1-19-16-33(6,42)30(47-32-27(39)24(36(8)9)15-20(2)44-32)21(3)28(46-26-17-34(7,43-11)29(40)23(5)45-26)22(4)31(41)35-14-12-13-25(38)37(10)18-19/h19-24,26-30,32,39-40,42H,12-18H2,1-11H3,(H,35,41)/t19-,20-,21+,22-,23+,24+,26+,27-,28+,29+,30-,32+,33-,34-/m1/s1. The molecule has 0 spiro atoms. The van der Waals surface area contributed by atoms with E-state index < -0.39 is 66.1 Å². The predicted octanol–water partition coefficient (Wildman–Crippen LogP) is 1.50. The Labute approximate surface area is 281 Å². The van der Waals surface area contributed by atoms with Crippen LogP contribution in [-0.2, 0) is 33.3 Å². The predicted molar refractivity (Wildman–Crippen MR) is 175 cm³/mol. The molecule has 0 unspecified atom stereocenters. The molecule has 3 fully saturated rings. The number of nitrogens with one attached hydrogen (secondary N) is 1. The third-order valence-electron chi connectivity index (χ3n) is 10.5. The maximum atomic E-state index is 13.7. The van der Waals surface area contributed by atoms with Crippen LogP contribution in [0.1, 0.15) is 80.6 Å². The smallest absolute Gasteiger partial charge is 0.225 e. The van der Waals surface area contributed by atoms with Crippen molar-refractivity contribution in [1.82, 2.24) is 15.1 Å². The first-order valence-corrected chi connectivity index (χ1v) is 17.2. The summed E-state index contributed by atoms with van der Waals surface area (Å²) >= 11 is 0. The van der Waals surface area contributed by atoms with Crippen molar-refractivity contribution in [3.63, 3.8) is 0 Å². The summed E-state index contributed by atoms with van der Waals surface area (Å²) in [6.45, 7) is 13.5. The molecule has 0 aromatic rings. The van der Waals surface area contributed by atoms with Crippen LogP contribution >= 0.6 is 0 Å². The summed E-state index contributed by atoms with van der Waals surface area (Å²) < 4.78 is 31.3. The molecule has 3 aliphatic heterocycles. The molecular weight excluding hydrogens is 610 g/mol. The number of rotatable bonds is 6. The minimum absolute atomic E-state index is 0.0366. The minimum Gasteiger partial charge on any atom is -0.387 e. The van der Waals surface area contributed by atoms with Crippen molar-refractivity contribution in [2.45, 2.75) is 147 Å². The molecule has 3 saturated heterocycles. The molecule has 13 nitrogen and oxygen atoms in total. The molecule has 14 atom stereocenters. The van der Waals surface area contributed by atoms with Gasteiger partial charge >= 0.3 is 0 Å². The molecule has 0 radical (unpaired) electrons. The van der Waals surface area contributed by atoms with Crippen LogP contribution in [-0.4, -0.2) is 145 Å². The lowest BCUT2D eigenvalue weighted by atomic mass is 9.77. The van der Waals surface area contributed by atoms with Crippen molar-refractivity contribution in [1.29, 1.82) is 0 Å². The number of nitrogens with zero attached hydrogens (tertiary/aromatic N) is 2. The summed E-state index contributed by atoms with van der Waals surface area (Å²) in [6.07, 6.45) is -4.63. The van der Waals surface area contributed by atoms with Crippen LogP contribution in [0.2, 0.25) is 0 Å². The quantitative estimate of drug-likeness (QED) is 0.324. The highest BCUT2D eigenvalue weighted by atomic mass is 16.7. The second kappa shape index (κ2) is 16.5. The van der Waals surface area contributed by atoms with E-state index in [9.17, 15) is 24.9 Å². The Morgan fingerprint density at radius 1 is 1.02 bits per heavy atom. The van der Waals surface area contributed by atoms with E-state index in [4.69, 9.17) is 23.7 Å². The van der Waals surface area contributed by atoms with Crippen molar-refractivity contribution >= 4 is 11.8 Å². The molecule has 0 aromatic carbocycles. The van der Waals surface area contributed by atoms with Gasteiger partial charge in [0.25, 0.3) is 0 Å². The fraction of sp³-hybridized carbons (Fsp3) is 0.941. The molecule has 13 heteroatoms. The van der Waals surface area contributed by atoms with Gasteiger partial charge < -0.3 is 54.1 Å². The van der Waals surface area contributed by atoms with Crippen molar-refractivity contribution in [2.24, 2.45) is 17.8 Å². The van der Waals surface area contributed by atoms with Gasteiger partial charge in [-0.15, -0.1) is 0 Å². The summed E-state index contributed by atoms with van der Waals surface area (Å²) in [4.78, 5) is 30.1. The molecule has 2 amide bonds. The number of carbonyl (C=O) groups is 2. The topological polar surface area (TPSA) is 159 Å². The molecule has 47 heavy (non-hydrogen) atoms. The summed E-state index contributed by atoms with van der Waals surface area (Å²) in [5.41, 5.74) is -2.46. The lowest BCUT2D eigenvalue weighted by Crippen LogP contribution is -2.60. The van der Waals surface area contributed by atoms with Crippen LogP contribution in [0.5, 0.6) is 0 Å². The molecule has 3 heterocycles. The maximum absolute atomic E-state index is 13.7. The molecule has 274 valence electrons. The Balaban J connectivity index is 2.06. The monoisotopic (exact) mass is 673 g/mol. The Kier molecular flexibility index (Phi) is 14.1. The van der Waals surface area contributed by atoms with Gasteiger partial charge in [0.2, 0.25) is 11.8 Å². The van der Waals surface area contributed by atoms with E-state index >= 15 is 0 Å². The number of likely N-dealkylation sites (N-methyl/N-ethyl adjacent to an activating group) is 1. The van der Waals surface area contributed by atoms with E-state index in [2.05, 4.69) is 5.32 Å². The molecule has 4 N–H and O–H groups in total. The van der Waals surface area contributed by atoms with Gasteiger partial charge in [-0.2, -0.15) is 0 Å². The average Bonchev–Trinajstić information content (AvgIpc) is 2.98. The SMILES string of the molecule is CO[C@]1(C)C[C@H](O[C@H]2[C@H](C)[C@@H](O[C@@H]3O[C@H](C)C[C@H](N(C)C)[C@H]3O)[C@](C)(O)C[C@@H](C)CN(C)C(=O)CCCNC(=O)[C@@H]2C)O[C@@H](C)[C@@H]1O. The highest BCUT2D eigenvalue weighted by molar-refractivity contribution is 5.79. The first kappa shape index (κ1) is 40.0. The highest BCUT2D eigenvalue weighted by Crippen LogP contribution is 2.39. The summed E-state index contributed by atoms with van der Waals surface area (Å²) in [7, 11) is 7.07. The summed E-state index contributed by atoms with van der Waals surface area (Å²) in [5, 5.41) is 37.5. The average molecular weight is 674 g/mol. The van der Waals surface area contributed by atoms with Gasteiger partial charge in [0.05, 0.1) is 41.5 Å². The first-order valence-electron chi connectivity index (χ1n) is 17.2. The number of hydrogen-bond donors (Lipinski definition) is 4. The molecule has 0 aromatic heterocycles. The summed E-state index contributed by atoms with van der Waals surface area (Å²) in [5.74, 6) is -1.80. The lowest BCUT2D eigenvalue weighted by molar-refractivity contribution is -0.317. The molecular formula is C34H63N3O10. The van der Waals surface area contributed by atoms with E-state index in [0.717, 1.165) is 0 Å². The molecule has 0 bridgehead atoms. The van der Waals surface area contributed by atoms with Gasteiger partial charge in [0, 0.05) is 52.0 Å². The third kappa shape index (κ3) is 9.85. The second-order valence-electron chi connectivity index (χ2n) is 15.1. The number of amides is 2. The number of aliphatic hydroxyl groups excluding tert-OH is 2. The second-order valence-corrected chi connectivity index (χ2v) is 15.1. The molecule has 3 aliphatic rings. The molecule has 0 aliphatic carbocycles. The third-order valence-corrected chi connectivity index (χ3v) is 10.5. The van der Waals surface area contributed by atoms with Crippen LogP contribution in [0.3, 0.4) is 0 Å². The van der Waals surface area contributed by atoms with Gasteiger partial charge in [-0.1, -0.05) is 20.8 Å². The van der Waals surface area contributed by atoms with Gasteiger partial charge in [-0.25, -0.2) is 0 Å². The zero-order valence-corrected chi connectivity index (χ0v) is 30.5. The van der Waals surface area contributed by atoms with Crippen molar-refractivity contribution in [3.8, 4) is 0 Å². The first-order chi connectivity index (χ1) is 21.8. The van der Waals surface area contributed by atoms with E-state index in [0.29, 0.717) is 25.9 Å². The number of aliphatic hydroxyl groups is 3. The van der Waals surface area contributed by atoms with E-state index in [-0.39, 0.29) is 49.1 Å². The number of carbonyl (C=O) groups excluding carboxylic acids is 2. The van der Waals surface area contributed by atoms with E-state index in [1.54, 1.807) is 39.6 Å². The van der Waals surface area contributed by atoms with Crippen LogP contribution < -0.4 is 5.32 Å². The Morgan fingerprint density at radius 3 is 2.30 bits per heavy atom. The van der Waals surface area contributed by atoms with Crippen molar-refractivity contribution in [3.05, 3.63) is 0 Å². The lowest BCUT2D eigenvalue weighted by Gasteiger charge is -2.48. The van der Waals surface area contributed by atoms with Gasteiger partial charge in [-0.05, 0) is 67.0 Å². The summed E-state index contributed by atoms with van der Waals surface area (Å²) in [6, 6.07) is -0.239. The molecule has 0 saturated carbocycles. The number of methoxy groups -OCH3 is 1. The number of ether oxygens (including phenoxy) is 5. The van der Waals surface area contributed by atoms with Crippen LogP contribution in [0.15, 0.2) is 0 Å². The van der Waals surface area contributed by atoms with Crippen LogP contribution in [0, 0.1) is 17.8 Å². The Morgan fingerprint density at radius 2 is 1.68 bits per heavy atom. The molecule has 3 rings (SSSR count).